The number of aromatic nitrogens is 2. The molecular formula is C20H19N5O3. The number of aliphatic hydroxyl groups is 1. The van der Waals surface area contributed by atoms with Crippen molar-refractivity contribution in [3.63, 3.8) is 0 Å². The molecule has 3 rings (SSSR count). The quantitative estimate of drug-likeness (QED) is 0.453. The van der Waals surface area contributed by atoms with E-state index in [-0.39, 0.29) is 5.95 Å². The third-order valence-electron chi connectivity index (χ3n) is 4.32. The van der Waals surface area contributed by atoms with E-state index in [1.807, 2.05) is 30.3 Å². The topological polar surface area (TPSA) is 120 Å². The minimum absolute atomic E-state index is 0.0699. The number of amides is 1. The summed E-state index contributed by atoms with van der Waals surface area (Å²) < 4.78 is 0. The molecule has 0 fully saturated rings. The first-order valence-corrected chi connectivity index (χ1v) is 8.78. The number of carbonyl (C=O) groups excluding carboxylic acids is 1. The van der Waals surface area contributed by atoms with Gasteiger partial charge in [-0.15, -0.1) is 0 Å². The average Bonchev–Trinajstić information content (AvgIpc) is 3.14. The van der Waals surface area contributed by atoms with Gasteiger partial charge in [-0.1, -0.05) is 35.5 Å². The van der Waals surface area contributed by atoms with Crippen LogP contribution in [0.15, 0.2) is 59.1 Å². The molecule has 1 aromatic heterocycles. The Bertz CT molecular complexity index is 950. The van der Waals surface area contributed by atoms with Crippen molar-refractivity contribution in [2.75, 3.05) is 5.32 Å². The largest absolute Gasteiger partial charge is 0.510 e. The van der Waals surface area contributed by atoms with Gasteiger partial charge in [0.2, 0.25) is 5.95 Å². The van der Waals surface area contributed by atoms with Crippen LogP contribution in [0.4, 0.5) is 5.95 Å². The molecule has 1 aromatic carbocycles. The number of rotatable bonds is 6. The van der Waals surface area contributed by atoms with Crippen molar-refractivity contribution in [3.05, 3.63) is 65.2 Å². The normalized spacial score (nSPS) is 18.7. The number of benzene rings is 1. The molecule has 8 heteroatoms. The number of hydrogen-bond donors (Lipinski definition) is 2. The molecule has 0 radical (unpaired) electrons. The molecular weight excluding hydrogens is 358 g/mol. The van der Waals surface area contributed by atoms with Crippen LogP contribution in [0.1, 0.15) is 18.2 Å². The third kappa shape index (κ3) is 4.51. The molecule has 28 heavy (non-hydrogen) atoms. The highest BCUT2D eigenvalue weighted by Gasteiger charge is 2.30. The molecule has 0 spiro atoms. The van der Waals surface area contributed by atoms with Gasteiger partial charge in [0.1, 0.15) is 17.9 Å². The number of hydrogen-bond acceptors (Lipinski definition) is 7. The van der Waals surface area contributed by atoms with Gasteiger partial charge in [0.05, 0.1) is 12.1 Å². The van der Waals surface area contributed by atoms with Crippen molar-refractivity contribution >= 4 is 18.1 Å². The number of nitrogens with zero attached hydrogens (tertiary/aromatic N) is 4. The fourth-order valence-electron chi connectivity index (χ4n) is 2.74. The van der Waals surface area contributed by atoms with Crippen molar-refractivity contribution in [2.45, 2.75) is 25.9 Å². The van der Waals surface area contributed by atoms with E-state index in [1.54, 1.807) is 19.1 Å². The molecule has 0 saturated carbocycles. The highest BCUT2D eigenvalue weighted by Crippen LogP contribution is 2.22. The van der Waals surface area contributed by atoms with Gasteiger partial charge in [-0.05, 0) is 31.4 Å². The van der Waals surface area contributed by atoms with Crippen LogP contribution >= 0.6 is 0 Å². The van der Waals surface area contributed by atoms with E-state index >= 15 is 0 Å². The second-order valence-electron chi connectivity index (χ2n) is 6.27. The lowest BCUT2D eigenvalue weighted by Crippen LogP contribution is -2.23. The minimum atomic E-state index is -0.785. The summed E-state index contributed by atoms with van der Waals surface area (Å²) in [6.45, 7) is 1.68. The number of aryl methyl sites for hydroxylation is 2. The summed E-state index contributed by atoms with van der Waals surface area (Å²) in [6, 6.07) is 13.5. The predicted octanol–water partition coefficient (Wildman–Crippen LogP) is 2.56. The lowest BCUT2D eigenvalue weighted by molar-refractivity contribution is -0.112. The molecule has 2 unspecified atom stereocenters. The number of anilines is 1. The summed E-state index contributed by atoms with van der Waals surface area (Å²) >= 11 is 0. The molecule has 142 valence electrons. The van der Waals surface area contributed by atoms with Gasteiger partial charge in [-0.3, -0.25) is 10.1 Å². The first-order chi connectivity index (χ1) is 13.6. The summed E-state index contributed by atoms with van der Waals surface area (Å²) in [5, 5.41) is 25.6. The van der Waals surface area contributed by atoms with Gasteiger partial charge in [-0.25, -0.2) is 9.97 Å². The molecule has 2 heterocycles. The molecule has 2 N–H and O–H groups in total. The zero-order valence-corrected chi connectivity index (χ0v) is 15.2. The molecule has 2 aromatic rings. The molecule has 1 aliphatic heterocycles. The minimum Gasteiger partial charge on any atom is -0.510 e. The summed E-state index contributed by atoms with van der Waals surface area (Å²) in [5.74, 6) is -1.76. The fourth-order valence-corrected chi connectivity index (χ4v) is 2.74. The Kier molecular flexibility index (Phi) is 5.97. The van der Waals surface area contributed by atoms with Crippen LogP contribution in [-0.2, 0) is 22.5 Å². The lowest BCUT2D eigenvalue weighted by Gasteiger charge is -2.12. The van der Waals surface area contributed by atoms with Crippen molar-refractivity contribution in [3.8, 4) is 6.07 Å². The van der Waals surface area contributed by atoms with Crippen molar-refractivity contribution in [1.29, 1.82) is 5.26 Å². The maximum Gasteiger partial charge on any atom is 0.272 e. The van der Waals surface area contributed by atoms with Gasteiger partial charge in [-0.2, -0.15) is 5.26 Å². The Balaban J connectivity index is 1.69. The van der Waals surface area contributed by atoms with E-state index in [9.17, 15) is 15.2 Å². The highest BCUT2D eigenvalue weighted by atomic mass is 16.6. The van der Waals surface area contributed by atoms with Gasteiger partial charge in [0.15, 0.2) is 5.57 Å². The Morgan fingerprint density at radius 1 is 1.29 bits per heavy atom. The lowest BCUT2D eigenvalue weighted by atomic mass is 9.99. The standard InChI is InChI=1S/C20H19N5O3/c1-13-17(12-23-28-13)18(26)16(11-21)19(27)25-20-22-10-9-15(24-20)8-7-14-5-3-2-4-6-14/h2-6,9-10,12-13,17,26H,7-8H2,1H3,(H,22,24,25,27)/b18-16-. The maximum atomic E-state index is 12.4. The molecule has 2 atom stereocenters. The first kappa shape index (κ1) is 19.0. The number of carbonyl (C=O) groups is 1. The van der Waals surface area contributed by atoms with Gasteiger partial charge in [0, 0.05) is 11.9 Å². The molecule has 1 aliphatic rings. The molecule has 1 amide bonds. The average molecular weight is 377 g/mol. The second kappa shape index (κ2) is 8.77. The van der Waals surface area contributed by atoms with Crippen LogP contribution < -0.4 is 5.32 Å². The molecule has 0 aliphatic carbocycles. The maximum absolute atomic E-state index is 12.4. The van der Waals surface area contributed by atoms with Crippen molar-refractivity contribution < 1.29 is 14.7 Å². The summed E-state index contributed by atoms with van der Waals surface area (Å²) in [4.78, 5) is 25.7. The van der Waals surface area contributed by atoms with Crippen molar-refractivity contribution in [2.24, 2.45) is 11.1 Å². The van der Waals surface area contributed by atoms with E-state index < -0.39 is 29.3 Å². The predicted molar refractivity (Wildman–Crippen MR) is 102 cm³/mol. The number of aliphatic hydroxyl groups excluding tert-OH is 1. The smallest absolute Gasteiger partial charge is 0.272 e. The Morgan fingerprint density at radius 3 is 2.75 bits per heavy atom. The van der Waals surface area contributed by atoms with E-state index in [1.165, 1.54) is 18.0 Å². The van der Waals surface area contributed by atoms with E-state index in [0.29, 0.717) is 6.42 Å². The second-order valence-corrected chi connectivity index (χ2v) is 6.27. The van der Waals surface area contributed by atoms with E-state index in [4.69, 9.17) is 4.84 Å². The Labute approximate surface area is 162 Å². The molecule has 0 saturated heterocycles. The van der Waals surface area contributed by atoms with Crippen LogP contribution in [0.25, 0.3) is 0 Å². The van der Waals surface area contributed by atoms with Crippen LogP contribution in [0, 0.1) is 17.2 Å². The summed E-state index contributed by atoms with van der Waals surface area (Å²) in [6.07, 6.45) is 3.90. The van der Waals surface area contributed by atoms with E-state index in [0.717, 1.165) is 12.1 Å². The molecule has 8 nitrogen and oxygen atoms in total. The van der Waals surface area contributed by atoms with Gasteiger partial charge in [0.25, 0.3) is 5.91 Å². The van der Waals surface area contributed by atoms with Gasteiger partial charge >= 0.3 is 0 Å². The van der Waals surface area contributed by atoms with Gasteiger partial charge < -0.3 is 9.94 Å². The Hall–Kier alpha value is -3.73. The zero-order chi connectivity index (χ0) is 19.9. The summed E-state index contributed by atoms with van der Waals surface area (Å²) in [7, 11) is 0. The number of nitrogens with one attached hydrogen (secondary N) is 1. The zero-order valence-electron chi connectivity index (χ0n) is 15.2. The van der Waals surface area contributed by atoms with Crippen LogP contribution in [-0.4, -0.2) is 33.3 Å². The summed E-state index contributed by atoms with van der Waals surface area (Å²) in [5.41, 5.74) is 1.51. The fraction of sp³-hybridized carbons (Fsp3) is 0.250. The highest BCUT2D eigenvalue weighted by molar-refractivity contribution is 6.06. The Morgan fingerprint density at radius 2 is 2.07 bits per heavy atom. The van der Waals surface area contributed by atoms with E-state index in [2.05, 4.69) is 20.4 Å². The number of nitriles is 1. The van der Waals surface area contributed by atoms with Crippen LogP contribution in [0.2, 0.25) is 0 Å². The van der Waals surface area contributed by atoms with Crippen LogP contribution in [0.5, 0.6) is 0 Å². The SMILES string of the molecule is CC1ON=CC1/C(O)=C(\C#N)C(=O)Nc1nccc(CCc2ccccc2)n1. The van der Waals surface area contributed by atoms with Crippen molar-refractivity contribution in [1.82, 2.24) is 9.97 Å². The van der Waals surface area contributed by atoms with Crippen LogP contribution in [0.3, 0.4) is 0 Å². The number of oxime groups is 1. The monoisotopic (exact) mass is 377 g/mol. The third-order valence-corrected chi connectivity index (χ3v) is 4.32. The molecule has 0 bridgehead atoms. The first-order valence-electron chi connectivity index (χ1n) is 8.78.